The lowest BCUT2D eigenvalue weighted by Gasteiger charge is -2.14. The lowest BCUT2D eigenvalue weighted by Crippen LogP contribution is -2.14. The van der Waals surface area contributed by atoms with Crippen LogP contribution in [0.25, 0.3) is 17.0 Å². The molecule has 2 unspecified atom stereocenters. The molecule has 0 bridgehead atoms. The monoisotopic (exact) mass is 940 g/mol. The number of carboxylic acid groups (broad SMARTS) is 1. The van der Waals surface area contributed by atoms with Gasteiger partial charge in [-0.1, -0.05) is 85.8 Å². The molecule has 2 rings (SSSR count). The molecule has 0 amide bonds. The van der Waals surface area contributed by atoms with Crippen molar-refractivity contribution < 1.29 is 61.0 Å². The van der Waals surface area contributed by atoms with E-state index in [-0.39, 0.29) is 18.7 Å². The number of aliphatic hydroxyl groups is 1. The maximum Gasteiger partial charge on any atom is 0.394 e. The van der Waals surface area contributed by atoms with Gasteiger partial charge >= 0.3 is 22.3 Å². The summed E-state index contributed by atoms with van der Waals surface area (Å²) < 4.78 is 57.5. The average molecular weight is 940 g/mol. The maximum atomic E-state index is 12.2. The zero-order valence-corrected chi connectivity index (χ0v) is 39.9. The van der Waals surface area contributed by atoms with Crippen LogP contribution in [0.15, 0.2) is 47.7 Å². The number of aliphatic hydroxyl groups excluding tert-OH is 1. The molecule has 4 N–H and O–H groups in total. The Balaban J connectivity index is -0.000000262. The third kappa shape index (κ3) is 41.0. The van der Waals surface area contributed by atoms with Crippen LogP contribution in [0, 0.1) is 66.3 Å². The van der Waals surface area contributed by atoms with E-state index in [1.54, 1.807) is 49.6 Å². The molecule has 0 saturated carbocycles. The van der Waals surface area contributed by atoms with E-state index >= 15 is 0 Å². The SMILES string of the molecule is C.C#CC#CC#C.CCCCC(CC)CO.COc1ccc(/C=C(\C#N)C(=O)O)cc1OC.O=S(=O)(O)O.[B]B([B])[B].[C-]#[N+]/C(=C\c1ccc(OC)c(OC)c1)C(=O)OCC(CC)CCCC. The number of unbranched alkanes of at least 4 members (excludes halogenated alkanes) is 2. The zero-order chi connectivity index (χ0) is 51.5. The van der Waals surface area contributed by atoms with Crippen LogP contribution < -0.4 is 18.9 Å². The molecule has 0 fully saturated rings. The molecule has 2 aromatic rings. The van der Waals surface area contributed by atoms with Crippen molar-refractivity contribution in [3.05, 3.63) is 70.2 Å². The van der Waals surface area contributed by atoms with Crippen molar-refractivity contribution >= 4 is 64.1 Å². The Labute approximate surface area is 404 Å². The molecular formula is C47H64B4N2O13S. The van der Waals surface area contributed by atoms with Crippen LogP contribution in [0.3, 0.4) is 0 Å². The first-order valence-electron chi connectivity index (χ1n) is 20.2. The van der Waals surface area contributed by atoms with Crippen molar-refractivity contribution in [1.82, 2.24) is 0 Å². The molecule has 20 heteroatoms. The van der Waals surface area contributed by atoms with Crippen molar-refractivity contribution in [3.8, 4) is 65.6 Å². The number of ether oxygens (including phenoxy) is 5. The van der Waals surface area contributed by atoms with Gasteiger partial charge < -0.3 is 33.9 Å². The van der Waals surface area contributed by atoms with Gasteiger partial charge in [0.15, 0.2) is 23.0 Å². The fraction of sp³-hybridized carbons (Fsp3) is 0.447. The molecule has 0 spiro atoms. The Kier molecular flexibility index (Phi) is 46.9. The van der Waals surface area contributed by atoms with E-state index in [2.05, 4.69) is 79.4 Å². The number of carboxylic acids is 1. The number of carbonyl (C=O) groups excluding carboxylic acids is 1. The summed E-state index contributed by atoms with van der Waals surface area (Å²) in [5, 5.41) is 26.1. The number of nitrogens with zero attached hydrogens (tertiary/aromatic N) is 2. The van der Waals surface area contributed by atoms with Crippen molar-refractivity contribution in [2.24, 2.45) is 11.8 Å². The first-order valence-corrected chi connectivity index (χ1v) is 21.6. The fourth-order valence-electron chi connectivity index (χ4n) is 4.64. The normalized spacial score (nSPS) is 10.6. The second-order valence-electron chi connectivity index (χ2n) is 13.0. The summed E-state index contributed by atoms with van der Waals surface area (Å²) in [5.74, 6) is 9.82. The molecule has 6 radical (unpaired) electrons. The van der Waals surface area contributed by atoms with Gasteiger partial charge in [0.05, 0.1) is 41.6 Å². The largest absolute Gasteiger partial charge is 0.493 e. The van der Waals surface area contributed by atoms with Crippen molar-refractivity contribution in [3.63, 3.8) is 0 Å². The minimum atomic E-state index is -4.67. The number of esters is 1. The fourth-order valence-corrected chi connectivity index (χ4v) is 4.64. The number of nitriles is 1. The van der Waals surface area contributed by atoms with Crippen LogP contribution in [0.5, 0.6) is 23.0 Å². The Hall–Kier alpha value is -6.19. The Morgan fingerprint density at radius 1 is 0.806 bits per heavy atom. The number of terminal acetylenes is 2. The van der Waals surface area contributed by atoms with Gasteiger partial charge in [-0.25, -0.2) is 9.64 Å². The van der Waals surface area contributed by atoms with Gasteiger partial charge in [0.1, 0.15) is 11.6 Å². The molecule has 358 valence electrons. The zero-order valence-electron chi connectivity index (χ0n) is 39.1. The Morgan fingerprint density at radius 3 is 1.49 bits per heavy atom. The number of methoxy groups -OCH3 is 4. The topological polar surface area (TPSA) is 223 Å². The van der Waals surface area contributed by atoms with Gasteiger partial charge in [-0.2, -0.15) is 13.7 Å². The summed E-state index contributed by atoms with van der Waals surface area (Å²) in [6.07, 6.45) is 20.6. The molecule has 0 saturated heterocycles. The van der Waals surface area contributed by atoms with Crippen LogP contribution in [-0.4, -0.2) is 111 Å². The van der Waals surface area contributed by atoms with E-state index < -0.39 is 28.7 Å². The first-order chi connectivity index (χ1) is 31.2. The van der Waals surface area contributed by atoms with E-state index in [9.17, 15) is 9.59 Å². The lowest BCUT2D eigenvalue weighted by atomic mass is 9.08. The van der Waals surface area contributed by atoms with Gasteiger partial charge in [-0.3, -0.25) is 13.9 Å². The second-order valence-corrected chi connectivity index (χ2v) is 13.9. The first kappa shape index (κ1) is 69.8. The third-order valence-electron chi connectivity index (χ3n) is 8.11. The molecule has 2 atom stereocenters. The van der Waals surface area contributed by atoms with Crippen molar-refractivity contribution in [2.45, 2.75) is 86.5 Å². The van der Waals surface area contributed by atoms with Crippen molar-refractivity contribution in [2.75, 3.05) is 41.7 Å². The Morgan fingerprint density at radius 2 is 1.19 bits per heavy atom. The maximum absolute atomic E-state index is 12.2. The van der Waals surface area contributed by atoms with E-state index in [1.165, 1.54) is 52.7 Å². The third-order valence-corrected chi connectivity index (χ3v) is 8.11. The van der Waals surface area contributed by atoms with Crippen LogP contribution in [0.2, 0.25) is 0 Å². The number of hydrogen-bond acceptors (Lipinski definition) is 11. The molecular weight excluding hydrogens is 876 g/mol. The lowest BCUT2D eigenvalue weighted by molar-refractivity contribution is -0.140. The summed E-state index contributed by atoms with van der Waals surface area (Å²) in [4.78, 5) is 26.2. The molecule has 15 nitrogen and oxygen atoms in total. The van der Waals surface area contributed by atoms with Gasteiger partial charge in [0.25, 0.3) is 5.70 Å². The number of aliphatic carboxylic acids is 1. The Bertz CT molecular complexity index is 2080. The van der Waals surface area contributed by atoms with E-state index in [0.29, 0.717) is 59.2 Å². The number of benzene rings is 2. The second kappa shape index (κ2) is 45.0. The minimum Gasteiger partial charge on any atom is -0.493 e. The number of rotatable bonds is 19. The van der Waals surface area contributed by atoms with Gasteiger partial charge in [-0.05, 0) is 95.9 Å². The minimum absolute atomic E-state index is 0. The molecule has 0 aromatic heterocycles. The molecule has 0 aliphatic heterocycles. The van der Waals surface area contributed by atoms with Crippen molar-refractivity contribution in [1.29, 1.82) is 5.26 Å². The predicted molar refractivity (Wildman–Crippen MR) is 269 cm³/mol. The van der Waals surface area contributed by atoms with Crippen LogP contribution in [0.4, 0.5) is 0 Å². The highest BCUT2D eigenvalue weighted by Crippen LogP contribution is 2.29. The highest BCUT2D eigenvalue weighted by atomic mass is 32.3. The van der Waals surface area contributed by atoms with Gasteiger partial charge in [-0.15, -0.1) is 12.8 Å². The van der Waals surface area contributed by atoms with E-state index in [0.717, 1.165) is 32.1 Å². The molecule has 67 heavy (non-hydrogen) atoms. The van der Waals surface area contributed by atoms with Gasteiger partial charge in [0, 0.05) is 36.2 Å². The summed E-state index contributed by atoms with van der Waals surface area (Å²) in [6.45, 7) is 16.5. The summed E-state index contributed by atoms with van der Waals surface area (Å²) in [6, 6.07) is 11.7. The van der Waals surface area contributed by atoms with Crippen LogP contribution in [-0.2, 0) is 24.7 Å². The van der Waals surface area contributed by atoms with E-state index in [1.807, 2.05) is 0 Å². The summed E-state index contributed by atoms with van der Waals surface area (Å²) in [7, 11) is 15.4. The summed E-state index contributed by atoms with van der Waals surface area (Å²) >= 11 is 0. The molecule has 2 aromatic carbocycles. The van der Waals surface area contributed by atoms with E-state index in [4.69, 9.17) is 76.1 Å². The standard InChI is InChI=1S/C20H27NO4.C12H11NO4.C8H18O.C6H2.CH4.B4.H2O4S/c1-6-8-9-15(7-2)14-25-20(22)17(21-3)12-16-10-11-18(23-4)19(13-16)24-5;1-16-10-4-3-8(6-11(10)17-2)5-9(7-13)12(14)15;1-3-5-6-8(4-2)7-9;1-3-5-6-4-2;;1-4(2)3;1-5(2,3)4/h10-13,15H,6-9,14H2,1-2,4-5H3;3-6H,1-2H3,(H,14,15);8-9H,3-7H2,1-2H3;1-2H;1H4;;(H2,1,2,3,4)/b17-12-;9-5+;;;;;. The average Bonchev–Trinajstić information content (AvgIpc) is 3.29. The molecule has 0 heterocycles. The molecule has 0 aliphatic rings. The quantitative estimate of drug-likeness (QED) is 0.0206. The van der Waals surface area contributed by atoms with Gasteiger partial charge in [0.2, 0.25) is 0 Å². The van der Waals surface area contributed by atoms with Crippen LogP contribution >= 0.6 is 0 Å². The smallest absolute Gasteiger partial charge is 0.394 e. The summed E-state index contributed by atoms with van der Waals surface area (Å²) in [5.41, 5.74) is 0.856. The van der Waals surface area contributed by atoms with Crippen LogP contribution in [0.1, 0.15) is 97.6 Å². The predicted octanol–water partition coefficient (Wildman–Crippen LogP) is 7.33. The molecule has 0 aliphatic carbocycles. The highest BCUT2D eigenvalue weighted by molar-refractivity contribution is 7.79. The highest BCUT2D eigenvalue weighted by Gasteiger charge is 2.16. The number of hydrogen-bond donors (Lipinski definition) is 4. The number of carbonyl (C=O) groups is 2.